The summed E-state index contributed by atoms with van der Waals surface area (Å²) in [6.45, 7) is 3.32. The van der Waals surface area contributed by atoms with Crippen LogP contribution in [0.2, 0.25) is 0 Å². The number of aromatic nitrogens is 2. The highest BCUT2D eigenvalue weighted by Gasteiger charge is 2.22. The van der Waals surface area contributed by atoms with Gasteiger partial charge in [0.15, 0.2) is 0 Å². The Morgan fingerprint density at radius 1 is 1.33 bits per heavy atom. The number of furan rings is 1. The van der Waals surface area contributed by atoms with Crippen molar-refractivity contribution < 1.29 is 9.52 Å². The third-order valence-electron chi connectivity index (χ3n) is 3.11. The van der Waals surface area contributed by atoms with E-state index in [1.165, 1.54) is 0 Å². The van der Waals surface area contributed by atoms with Crippen molar-refractivity contribution in [2.24, 2.45) is 0 Å². The van der Waals surface area contributed by atoms with E-state index in [1.54, 1.807) is 12.4 Å². The number of aliphatic hydroxyl groups excluding tert-OH is 1. The molecule has 18 heavy (non-hydrogen) atoms. The molecule has 0 saturated carbocycles. The Kier molecular flexibility index (Phi) is 2.76. The van der Waals surface area contributed by atoms with Crippen LogP contribution in [0, 0.1) is 6.92 Å². The molecule has 94 valence electrons. The van der Waals surface area contributed by atoms with E-state index in [4.69, 9.17) is 4.42 Å². The minimum atomic E-state index is -0.263. The van der Waals surface area contributed by atoms with Crippen LogP contribution in [-0.2, 0) is 0 Å². The normalized spacial score (nSPS) is 19.4. The lowest BCUT2D eigenvalue weighted by atomic mass is 10.3. The van der Waals surface area contributed by atoms with Gasteiger partial charge in [0.2, 0.25) is 5.95 Å². The van der Waals surface area contributed by atoms with Crippen LogP contribution in [0.15, 0.2) is 28.9 Å². The molecule has 0 radical (unpaired) electrons. The van der Waals surface area contributed by atoms with Gasteiger partial charge < -0.3 is 14.4 Å². The van der Waals surface area contributed by atoms with Crippen LogP contribution in [0.4, 0.5) is 5.95 Å². The van der Waals surface area contributed by atoms with Crippen LogP contribution in [-0.4, -0.2) is 34.3 Å². The summed E-state index contributed by atoms with van der Waals surface area (Å²) in [5.41, 5.74) is 0.867. The van der Waals surface area contributed by atoms with E-state index in [2.05, 4.69) is 9.97 Å². The molecule has 1 saturated heterocycles. The highest BCUT2D eigenvalue weighted by Crippen LogP contribution is 2.22. The molecule has 1 N–H and O–H groups in total. The Balaban J connectivity index is 1.81. The van der Waals surface area contributed by atoms with E-state index >= 15 is 0 Å². The third kappa shape index (κ3) is 2.09. The van der Waals surface area contributed by atoms with Crippen molar-refractivity contribution in [3.05, 3.63) is 30.3 Å². The number of β-amino-alcohol motifs (C(OH)–C–C–N with tert-alkyl or cyclic N) is 1. The SMILES string of the molecule is Cc1ccc(-c2cnc(N3CCC(O)C3)nc2)o1. The number of aryl methyl sites for hydroxylation is 1. The largest absolute Gasteiger partial charge is 0.461 e. The zero-order valence-corrected chi connectivity index (χ0v) is 10.2. The smallest absolute Gasteiger partial charge is 0.225 e. The Labute approximate surface area is 105 Å². The summed E-state index contributed by atoms with van der Waals surface area (Å²) in [5.74, 6) is 2.32. The van der Waals surface area contributed by atoms with Crippen LogP contribution in [0.5, 0.6) is 0 Å². The molecule has 0 spiro atoms. The number of anilines is 1. The van der Waals surface area contributed by atoms with Gasteiger partial charge in [0.1, 0.15) is 11.5 Å². The number of aliphatic hydroxyl groups is 1. The van der Waals surface area contributed by atoms with Gasteiger partial charge in [-0.15, -0.1) is 0 Å². The number of nitrogens with zero attached hydrogens (tertiary/aromatic N) is 3. The van der Waals surface area contributed by atoms with Gasteiger partial charge >= 0.3 is 0 Å². The zero-order chi connectivity index (χ0) is 12.5. The predicted octanol–water partition coefficient (Wildman–Crippen LogP) is 1.62. The zero-order valence-electron chi connectivity index (χ0n) is 10.2. The average molecular weight is 245 g/mol. The maximum absolute atomic E-state index is 9.48. The third-order valence-corrected chi connectivity index (χ3v) is 3.11. The van der Waals surface area contributed by atoms with Crippen molar-refractivity contribution in [1.82, 2.24) is 9.97 Å². The second-order valence-corrected chi connectivity index (χ2v) is 4.57. The van der Waals surface area contributed by atoms with E-state index in [9.17, 15) is 5.11 Å². The molecule has 3 rings (SSSR count). The molecule has 5 heteroatoms. The highest BCUT2D eigenvalue weighted by atomic mass is 16.3. The van der Waals surface area contributed by atoms with E-state index < -0.39 is 0 Å². The summed E-state index contributed by atoms with van der Waals surface area (Å²) >= 11 is 0. The van der Waals surface area contributed by atoms with E-state index in [-0.39, 0.29) is 6.10 Å². The topological polar surface area (TPSA) is 62.4 Å². The van der Waals surface area contributed by atoms with Crippen molar-refractivity contribution in [3.8, 4) is 11.3 Å². The molecule has 1 aliphatic rings. The summed E-state index contributed by atoms with van der Waals surface area (Å²) < 4.78 is 5.52. The Morgan fingerprint density at radius 3 is 2.67 bits per heavy atom. The van der Waals surface area contributed by atoms with E-state index in [1.807, 2.05) is 24.0 Å². The summed E-state index contributed by atoms with van der Waals surface area (Å²) in [7, 11) is 0. The van der Waals surface area contributed by atoms with Crippen molar-refractivity contribution in [1.29, 1.82) is 0 Å². The maximum Gasteiger partial charge on any atom is 0.225 e. The van der Waals surface area contributed by atoms with Gasteiger partial charge in [-0.05, 0) is 25.5 Å². The molecule has 1 atom stereocenters. The molecule has 0 bridgehead atoms. The van der Waals surface area contributed by atoms with Gasteiger partial charge in [0, 0.05) is 25.5 Å². The number of rotatable bonds is 2. The van der Waals surface area contributed by atoms with Crippen molar-refractivity contribution in [3.63, 3.8) is 0 Å². The molecule has 3 heterocycles. The Hall–Kier alpha value is -1.88. The fourth-order valence-corrected chi connectivity index (χ4v) is 2.12. The quantitative estimate of drug-likeness (QED) is 0.871. The molecule has 0 amide bonds. The predicted molar refractivity (Wildman–Crippen MR) is 67.3 cm³/mol. The summed E-state index contributed by atoms with van der Waals surface area (Å²) in [6.07, 6.45) is 4.03. The lowest BCUT2D eigenvalue weighted by Crippen LogP contribution is -2.23. The van der Waals surface area contributed by atoms with Crippen molar-refractivity contribution in [2.45, 2.75) is 19.4 Å². The maximum atomic E-state index is 9.48. The second-order valence-electron chi connectivity index (χ2n) is 4.57. The number of hydrogen-bond donors (Lipinski definition) is 1. The lowest BCUT2D eigenvalue weighted by Gasteiger charge is -2.14. The molecule has 1 fully saturated rings. The first-order valence-electron chi connectivity index (χ1n) is 6.04. The standard InChI is InChI=1S/C13H15N3O2/c1-9-2-3-12(18-9)10-6-14-13(15-7-10)16-5-4-11(17)8-16/h2-3,6-7,11,17H,4-5,8H2,1H3. The second kappa shape index (κ2) is 4.42. The van der Waals surface area contributed by atoms with Crippen molar-refractivity contribution in [2.75, 3.05) is 18.0 Å². The first-order valence-corrected chi connectivity index (χ1v) is 6.04. The molecular formula is C13H15N3O2. The Morgan fingerprint density at radius 2 is 2.11 bits per heavy atom. The van der Waals surface area contributed by atoms with E-state index in [0.717, 1.165) is 30.0 Å². The monoisotopic (exact) mass is 245 g/mol. The number of hydrogen-bond acceptors (Lipinski definition) is 5. The molecule has 2 aromatic heterocycles. The molecule has 0 aliphatic carbocycles. The van der Waals surface area contributed by atoms with Crippen LogP contribution in [0.25, 0.3) is 11.3 Å². The molecule has 2 aromatic rings. The van der Waals surface area contributed by atoms with Gasteiger partial charge in [-0.3, -0.25) is 0 Å². The molecule has 1 unspecified atom stereocenters. The van der Waals surface area contributed by atoms with E-state index in [0.29, 0.717) is 12.5 Å². The minimum absolute atomic E-state index is 0.263. The first-order chi connectivity index (χ1) is 8.72. The van der Waals surface area contributed by atoms with Crippen LogP contribution < -0.4 is 4.90 Å². The molecule has 0 aromatic carbocycles. The van der Waals surface area contributed by atoms with Gasteiger partial charge in [0.25, 0.3) is 0 Å². The first kappa shape index (κ1) is 11.2. The van der Waals surface area contributed by atoms with Crippen LogP contribution >= 0.6 is 0 Å². The molecular weight excluding hydrogens is 230 g/mol. The minimum Gasteiger partial charge on any atom is -0.461 e. The van der Waals surface area contributed by atoms with Crippen LogP contribution in [0.1, 0.15) is 12.2 Å². The fourth-order valence-electron chi connectivity index (χ4n) is 2.12. The Bertz CT molecular complexity index is 535. The summed E-state index contributed by atoms with van der Waals surface area (Å²) in [6, 6.07) is 3.83. The summed E-state index contributed by atoms with van der Waals surface area (Å²) in [5, 5.41) is 9.48. The van der Waals surface area contributed by atoms with Crippen molar-refractivity contribution >= 4 is 5.95 Å². The summed E-state index contributed by atoms with van der Waals surface area (Å²) in [4.78, 5) is 10.6. The molecule has 1 aliphatic heterocycles. The highest BCUT2D eigenvalue weighted by molar-refractivity contribution is 5.56. The average Bonchev–Trinajstić information content (AvgIpc) is 2.98. The van der Waals surface area contributed by atoms with Gasteiger partial charge in [-0.1, -0.05) is 0 Å². The fraction of sp³-hybridized carbons (Fsp3) is 0.385. The van der Waals surface area contributed by atoms with Crippen LogP contribution in [0.3, 0.4) is 0 Å². The van der Waals surface area contributed by atoms with Gasteiger partial charge in [-0.2, -0.15) is 0 Å². The van der Waals surface area contributed by atoms with Gasteiger partial charge in [0.05, 0.1) is 11.7 Å². The molecule has 5 nitrogen and oxygen atoms in total. The lowest BCUT2D eigenvalue weighted by molar-refractivity contribution is 0.198. The van der Waals surface area contributed by atoms with Gasteiger partial charge in [-0.25, -0.2) is 9.97 Å².